The van der Waals surface area contributed by atoms with Crippen molar-refractivity contribution in [1.82, 2.24) is 4.98 Å². The first-order valence-corrected chi connectivity index (χ1v) is 5.73. The van der Waals surface area contributed by atoms with E-state index in [0.29, 0.717) is 0 Å². The first-order valence-electron chi connectivity index (χ1n) is 4.85. The number of aryl methyl sites for hydroxylation is 1. The van der Waals surface area contributed by atoms with Gasteiger partial charge in [-0.1, -0.05) is 6.07 Å². The molecule has 0 aliphatic rings. The van der Waals surface area contributed by atoms with Crippen molar-refractivity contribution in [1.29, 1.82) is 0 Å². The Kier molecular flexibility index (Phi) is 2.49. The lowest BCUT2D eigenvalue weighted by atomic mass is 10.1. The van der Waals surface area contributed by atoms with Crippen LogP contribution in [0.1, 0.15) is 32.2 Å². The summed E-state index contributed by atoms with van der Waals surface area (Å²) in [4.78, 5) is 16.0. The van der Waals surface area contributed by atoms with Gasteiger partial charge in [0.2, 0.25) is 5.78 Å². The summed E-state index contributed by atoms with van der Waals surface area (Å²) >= 11 is 1.48. The topological polar surface area (TPSA) is 32.9 Å². The second-order valence-corrected chi connectivity index (χ2v) is 4.63. The Bertz CT molecular complexity index is 494. The van der Waals surface area contributed by atoms with Crippen molar-refractivity contribution in [3.05, 3.63) is 44.9 Å². The van der Waals surface area contributed by atoms with E-state index in [1.54, 1.807) is 0 Å². The summed E-state index contributed by atoms with van der Waals surface area (Å²) in [6, 6.07) is 3.76. The van der Waals surface area contributed by atoms with Crippen LogP contribution in [0.3, 0.4) is 0 Å². The van der Waals surface area contributed by atoms with Crippen LogP contribution in [0.5, 0.6) is 0 Å². The van der Waals surface area contributed by atoms with Crippen molar-refractivity contribution in [3.63, 3.8) is 0 Å². The second-order valence-electron chi connectivity index (χ2n) is 3.68. The van der Waals surface area contributed by atoms with Crippen LogP contribution < -0.4 is 0 Å². The fourth-order valence-electron chi connectivity index (χ4n) is 1.60. The number of carbonyl (C=O) groups is 1. The molecule has 0 saturated carbocycles. The largest absolute Gasteiger partial charge is 0.355 e. The minimum Gasteiger partial charge on any atom is -0.355 e. The number of thiophene rings is 1. The first kappa shape index (κ1) is 10.2. The van der Waals surface area contributed by atoms with Crippen LogP contribution in [0.2, 0.25) is 0 Å². The van der Waals surface area contributed by atoms with E-state index in [4.69, 9.17) is 0 Å². The molecule has 3 heteroatoms. The SMILES string of the molecule is Cc1[nH]c(C(=O)c2cccs2)c(C)c1C. The van der Waals surface area contributed by atoms with E-state index in [9.17, 15) is 4.79 Å². The predicted molar refractivity (Wildman–Crippen MR) is 62.8 cm³/mol. The second kappa shape index (κ2) is 3.66. The summed E-state index contributed by atoms with van der Waals surface area (Å²) in [5.41, 5.74) is 4.04. The lowest BCUT2D eigenvalue weighted by Gasteiger charge is -1.96. The molecule has 0 spiro atoms. The summed E-state index contributed by atoms with van der Waals surface area (Å²) in [7, 11) is 0. The molecule has 15 heavy (non-hydrogen) atoms. The van der Waals surface area contributed by atoms with E-state index in [1.165, 1.54) is 16.9 Å². The summed E-state index contributed by atoms with van der Waals surface area (Å²) < 4.78 is 0. The summed E-state index contributed by atoms with van der Waals surface area (Å²) in [5, 5.41) is 1.92. The molecular weight excluding hydrogens is 206 g/mol. The maximum Gasteiger partial charge on any atom is 0.219 e. The molecule has 2 heterocycles. The van der Waals surface area contributed by atoms with Crippen LogP contribution in [0, 0.1) is 20.8 Å². The molecule has 0 bridgehead atoms. The third-order valence-electron chi connectivity index (χ3n) is 2.78. The van der Waals surface area contributed by atoms with Crippen LogP contribution >= 0.6 is 11.3 Å². The highest BCUT2D eigenvalue weighted by molar-refractivity contribution is 7.12. The average Bonchev–Trinajstić information content (AvgIpc) is 2.82. The van der Waals surface area contributed by atoms with Gasteiger partial charge < -0.3 is 4.98 Å². The van der Waals surface area contributed by atoms with Gasteiger partial charge in [-0.2, -0.15) is 0 Å². The Morgan fingerprint density at radius 3 is 2.47 bits per heavy atom. The number of carbonyl (C=O) groups excluding carboxylic acids is 1. The summed E-state index contributed by atoms with van der Waals surface area (Å²) in [6.07, 6.45) is 0. The number of nitrogens with one attached hydrogen (secondary N) is 1. The molecule has 2 rings (SSSR count). The van der Waals surface area contributed by atoms with Gasteiger partial charge in [0.05, 0.1) is 10.6 Å². The smallest absolute Gasteiger partial charge is 0.219 e. The zero-order valence-corrected chi connectivity index (χ0v) is 9.87. The van der Waals surface area contributed by atoms with Crippen molar-refractivity contribution in [3.8, 4) is 0 Å². The number of hydrogen-bond acceptors (Lipinski definition) is 2. The number of ketones is 1. The molecule has 1 N–H and O–H groups in total. The molecular formula is C12H13NOS. The molecule has 0 unspecified atom stereocenters. The van der Waals surface area contributed by atoms with Gasteiger partial charge >= 0.3 is 0 Å². The Hall–Kier alpha value is -1.35. The molecule has 0 radical (unpaired) electrons. The highest BCUT2D eigenvalue weighted by Gasteiger charge is 2.16. The highest BCUT2D eigenvalue weighted by atomic mass is 32.1. The minimum atomic E-state index is 0.0960. The molecule has 2 aromatic rings. The van der Waals surface area contributed by atoms with Crippen molar-refractivity contribution in [2.24, 2.45) is 0 Å². The van der Waals surface area contributed by atoms with Gasteiger partial charge in [0, 0.05) is 5.69 Å². The van der Waals surface area contributed by atoms with Gasteiger partial charge in [-0.05, 0) is 43.3 Å². The number of aromatic amines is 1. The highest BCUT2D eigenvalue weighted by Crippen LogP contribution is 2.21. The number of rotatable bonds is 2. The molecule has 2 nitrogen and oxygen atoms in total. The zero-order chi connectivity index (χ0) is 11.0. The van der Waals surface area contributed by atoms with Gasteiger partial charge in [-0.25, -0.2) is 0 Å². The van der Waals surface area contributed by atoms with Crippen LogP contribution in [-0.4, -0.2) is 10.8 Å². The number of aromatic nitrogens is 1. The maximum atomic E-state index is 12.1. The quantitative estimate of drug-likeness (QED) is 0.773. The maximum absolute atomic E-state index is 12.1. The van der Waals surface area contributed by atoms with E-state index in [-0.39, 0.29) is 5.78 Å². The normalized spacial score (nSPS) is 10.6. The fraction of sp³-hybridized carbons (Fsp3) is 0.250. The van der Waals surface area contributed by atoms with Gasteiger partial charge in [0.1, 0.15) is 0 Å². The molecule has 0 atom stereocenters. The first-order chi connectivity index (χ1) is 7.11. The third-order valence-corrected chi connectivity index (χ3v) is 3.65. The van der Waals surface area contributed by atoms with Crippen LogP contribution in [0.15, 0.2) is 17.5 Å². The monoisotopic (exact) mass is 219 g/mol. The van der Waals surface area contributed by atoms with Crippen LogP contribution in [0.4, 0.5) is 0 Å². The molecule has 78 valence electrons. The fourth-order valence-corrected chi connectivity index (χ4v) is 2.27. The average molecular weight is 219 g/mol. The van der Waals surface area contributed by atoms with E-state index < -0.39 is 0 Å². The van der Waals surface area contributed by atoms with Crippen LogP contribution in [0.25, 0.3) is 0 Å². The third kappa shape index (κ3) is 1.63. The van der Waals surface area contributed by atoms with Crippen molar-refractivity contribution in [2.45, 2.75) is 20.8 Å². The van der Waals surface area contributed by atoms with Gasteiger partial charge in [-0.15, -0.1) is 11.3 Å². The standard InChI is InChI=1S/C12H13NOS/c1-7-8(2)11(13-9(7)3)12(14)10-5-4-6-15-10/h4-6,13H,1-3H3. The van der Waals surface area contributed by atoms with Crippen molar-refractivity contribution in [2.75, 3.05) is 0 Å². The molecule has 0 aliphatic heterocycles. The van der Waals surface area contributed by atoms with Crippen molar-refractivity contribution < 1.29 is 4.79 Å². The molecule has 0 aromatic carbocycles. The summed E-state index contributed by atoms with van der Waals surface area (Å²) in [6.45, 7) is 6.01. The van der Waals surface area contributed by atoms with Gasteiger partial charge in [-0.3, -0.25) is 4.79 Å². The number of hydrogen-bond donors (Lipinski definition) is 1. The Morgan fingerprint density at radius 1 is 1.27 bits per heavy atom. The van der Waals surface area contributed by atoms with E-state index in [2.05, 4.69) is 4.98 Å². The lowest BCUT2D eigenvalue weighted by Crippen LogP contribution is -2.01. The van der Waals surface area contributed by atoms with Crippen LogP contribution in [-0.2, 0) is 0 Å². The van der Waals surface area contributed by atoms with E-state index in [1.807, 2.05) is 38.3 Å². The number of H-pyrrole nitrogens is 1. The van der Waals surface area contributed by atoms with Gasteiger partial charge in [0.15, 0.2) is 0 Å². The molecule has 0 fully saturated rings. The Labute approximate surface area is 93.0 Å². The minimum absolute atomic E-state index is 0.0960. The summed E-state index contributed by atoms with van der Waals surface area (Å²) in [5.74, 6) is 0.0960. The molecule has 0 aliphatic carbocycles. The zero-order valence-electron chi connectivity index (χ0n) is 9.05. The Balaban J connectivity index is 2.47. The lowest BCUT2D eigenvalue weighted by molar-refractivity contribution is 0.103. The molecule has 0 saturated heterocycles. The van der Waals surface area contributed by atoms with E-state index in [0.717, 1.165) is 21.8 Å². The van der Waals surface area contributed by atoms with Crippen molar-refractivity contribution >= 4 is 17.1 Å². The molecule has 2 aromatic heterocycles. The predicted octanol–water partition coefficient (Wildman–Crippen LogP) is 3.23. The van der Waals surface area contributed by atoms with E-state index >= 15 is 0 Å². The molecule has 0 amide bonds. The van der Waals surface area contributed by atoms with Gasteiger partial charge in [0.25, 0.3) is 0 Å². The Morgan fingerprint density at radius 2 is 2.00 bits per heavy atom.